The summed E-state index contributed by atoms with van der Waals surface area (Å²) in [7, 11) is 1.59. The van der Waals surface area contributed by atoms with Crippen LogP contribution in [0.3, 0.4) is 0 Å². The molecule has 0 radical (unpaired) electrons. The Labute approximate surface area is 109 Å². The van der Waals surface area contributed by atoms with Gasteiger partial charge in [-0.2, -0.15) is 0 Å². The molecule has 4 nitrogen and oxygen atoms in total. The molecule has 1 unspecified atom stereocenters. The maximum absolute atomic E-state index is 12.1. The molecule has 1 heterocycles. The summed E-state index contributed by atoms with van der Waals surface area (Å²) in [5.74, 6) is 1.03. The molecular weight excluding hydrogens is 250 g/mol. The van der Waals surface area contributed by atoms with Gasteiger partial charge in [-0.1, -0.05) is 6.58 Å². The monoisotopic (exact) mass is 265 g/mol. The second-order valence-electron chi connectivity index (χ2n) is 3.99. The smallest absolute Gasteiger partial charge is 0.246 e. The van der Waals surface area contributed by atoms with Crippen molar-refractivity contribution in [2.24, 2.45) is 0 Å². The van der Waals surface area contributed by atoms with Crippen molar-refractivity contribution in [3.63, 3.8) is 0 Å². The first kappa shape index (κ1) is 13.0. The number of carbonyl (C=O) groups excluding carboxylic acids is 1. The van der Waals surface area contributed by atoms with Crippen LogP contribution in [0.4, 0.5) is 0 Å². The van der Waals surface area contributed by atoms with E-state index in [0.717, 1.165) is 10.5 Å². The maximum atomic E-state index is 12.1. The minimum atomic E-state index is -1.07. The van der Waals surface area contributed by atoms with Gasteiger partial charge in [0.15, 0.2) is 4.90 Å². The van der Waals surface area contributed by atoms with Crippen molar-refractivity contribution in [1.82, 2.24) is 4.90 Å². The molecule has 1 amide bonds. The third-order valence-corrected chi connectivity index (χ3v) is 4.35. The zero-order valence-corrected chi connectivity index (χ0v) is 11.0. The van der Waals surface area contributed by atoms with Gasteiger partial charge in [-0.25, -0.2) is 0 Å². The van der Waals surface area contributed by atoms with Crippen molar-refractivity contribution in [2.75, 3.05) is 19.4 Å². The fraction of sp³-hybridized carbons (Fsp3) is 0.308. The molecule has 0 fully saturated rings. The van der Waals surface area contributed by atoms with E-state index in [4.69, 9.17) is 4.74 Å². The number of fused-ring (bicyclic) bond motifs is 1. The molecule has 0 spiro atoms. The third kappa shape index (κ3) is 2.52. The Morgan fingerprint density at radius 3 is 3.06 bits per heavy atom. The Morgan fingerprint density at radius 2 is 2.39 bits per heavy atom. The first-order valence-electron chi connectivity index (χ1n) is 5.62. The number of nitrogens with zero attached hydrogens (tertiary/aromatic N) is 1. The van der Waals surface area contributed by atoms with Crippen LogP contribution in [0.2, 0.25) is 0 Å². The lowest BCUT2D eigenvalue weighted by atomic mass is 10.2. The molecule has 0 saturated carbocycles. The van der Waals surface area contributed by atoms with Crippen molar-refractivity contribution in [3.8, 4) is 5.75 Å². The van der Waals surface area contributed by atoms with E-state index in [1.165, 1.54) is 6.08 Å². The van der Waals surface area contributed by atoms with E-state index in [1.807, 2.05) is 12.1 Å². The van der Waals surface area contributed by atoms with Crippen LogP contribution in [-0.2, 0) is 22.5 Å². The van der Waals surface area contributed by atoms with Crippen LogP contribution < -0.4 is 4.74 Å². The van der Waals surface area contributed by atoms with Crippen LogP contribution in [0.25, 0.3) is 0 Å². The topological polar surface area (TPSA) is 52.6 Å². The van der Waals surface area contributed by atoms with Crippen LogP contribution in [-0.4, -0.2) is 34.8 Å². The minimum Gasteiger partial charge on any atom is -0.611 e. The van der Waals surface area contributed by atoms with Crippen LogP contribution in [0, 0.1) is 0 Å². The van der Waals surface area contributed by atoms with Gasteiger partial charge in [-0.15, -0.1) is 0 Å². The average Bonchev–Trinajstić information content (AvgIpc) is 2.57. The molecule has 96 valence electrons. The van der Waals surface area contributed by atoms with E-state index < -0.39 is 11.2 Å². The number of hydrogen-bond acceptors (Lipinski definition) is 3. The van der Waals surface area contributed by atoms with Crippen molar-refractivity contribution in [1.29, 1.82) is 0 Å². The predicted molar refractivity (Wildman–Crippen MR) is 69.9 cm³/mol. The zero-order valence-electron chi connectivity index (χ0n) is 10.2. The lowest BCUT2D eigenvalue weighted by Gasteiger charge is -2.17. The molecule has 1 aliphatic rings. The number of carbonyl (C=O) groups is 1. The summed E-state index contributed by atoms with van der Waals surface area (Å²) < 4.78 is 17.2. The van der Waals surface area contributed by atoms with Gasteiger partial charge in [0.1, 0.15) is 11.5 Å². The van der Waals surface area contributed by atoms with Crippen LogP contribution in [0.1, 0.15) is 5.56 Å². The Bertz CT molecular complexity index is 475. The molecule has 18 heavy (non-hydrogen) atoms. The molecule has 0 N–H and O–H groups in total. The van der Waals surface area contributed by atoms with Crippen molar-refractivity contribution >= 4 is 17.1 Å². The van der Waals surface area contributed by atoms with Gasteiger partial charge in [0.05, 0.1) is 20.2 Å². The number of methoxy groups -OCH3 is 1. The third-order valence-electron chi connectivity index (χ3n) is 2.91. The quantitative estimate of drug-likeness (QED) is 0.599. The van der Waals surface area contributed by atoms with Crippen molar-refractivity contribution < 1.29 is 14.1 Å². The van der Waals surface area contributed by atoms with Crippen LogP contribution >= 0.6 is 0 Å². The molecular formula is C13H15NO3S. The fourth-order valence-corrected chi connectivity index (χ4v) is 3.18. The highest BCUT2D eigenvalue weighted by Crippen LogP contribution is 2.26. The van der Waals surface area contributed by atoms with Gasteiger partial charge < -0.3 is 14.2 Å². The molecule has 0 aliphatic carbocycles. The largest absolute Gasteiger partial charge is 0.611 e. The summed E-state index contributed by atoms with van der Waals surface area (Å²) in [4.78, 5) is 14.1. The first-order valence-corrected chi connectivity index (χ1v) is 6.94. The summed E-state index contributed by atoms with van der Waals surface area (Å²) in [5.41, 5.74) is 0.875. The van der Waals surface area contributed by atoms with E-state index >= 15 is 0 Å². The van der Waals surface area contributed by atoms with Crippen molar-refractivity contribution in [2.45, 2.75) is 11.4 Å². The fourth-order valence-electron chi connectivity index (χ4n) is 1.93. The zero-order chi connectivity index (χ0) is 13.1. The standard InChI is InChI=1S/C13H15NO3S/c1-3-13(15)14-6-7-18(16)12-5-4-11(17-2)8-10(12)9-14/h3-5,8H,1,6-7,9H2,2H3. The van der Waals surface area contributed by atoms with E-state index in [2.05, 4.69) is 6.58 Å². The van der Waals surface area contributed by atoms with Gasteiger partial charge in [0.25, 0.3) is 0 Å². The molecule has 0 saturated heterocycles. The normalized spacial score (nSPS) is 18.8. The van der Waals surface area contributed by atoms with E-state index in [0.29, 0.717) is 24.6 Å². The molecule has 1 aromatic rings. The number of rotatable bonds is 2. The average molecular weight is 265 g/mol. The number of amides is 1. The minimum absolute atomic E-state index is 0.136. The SMILES string of the molecule is C=CC(=O)N1CC[S+]([O-])c2ccc(OC)cc2C1. The Kier molecular flexibility index (Phi) is 3.93. The predicted octanol–water partition coefficient (Wildman–Crippen LogP) is 1.33. The highest BCUT2D eigenvalue weighted by atomic mass is 32.2. The van der Waals surface area contributed by atoms with Gasteiger partial charge in [0, 0.05) is 5.56 Å². The summed E-state index contributed by atoms with van der Waals surface area (Å²) in [5, 5.41) is 0. The van der Waals surface area contributed by atoms with E-state index in [-0.39, 0.29) is 5.91 Å². The maximum Gasteiger partial charge on any atom is 0.246 e. The van der Waals surface area contributed by atoms with Gasteiger partial charge in [0.2, 0.25) is 5.91 Å². The number of benzene rings is 1. The van der Waals surface area contributed by atoms with Gasteiger partial charge in [-0.05, 0) is 35.5 Å². The molecule has 0 aromatic heterocycles. The Balaban J connectivity index is 2.36. The summed E-state index contributed by atoms with van der Waals surface area (Å²) in [6, 6.07) is 5.44. The highest BCUT2D eigenvalue weighted by molar-refractivity contribution is 7.91. The molecule has 1 aromatic carbocycles. The number of ether oxygens (including phenoxy) is 1. The lowest BCUT2D eigenvalue weighted by Crippen LogP contribution is -2.31. The molecule has 1 aliphatic heterocycles. The first-order chi connectivity index (χ1) is 8.65. The molecule has 1 atom stereocenters. The lowest BCUT2D eigenvalue weighted by molar-refractivity contribution is -0.126. The van der Waals surface area contributed by atoms with Gasteiger partial charge in [-0.3, -0.25) is 4.79 Å². The number of hydrogen-bond donors (Lipinski definition) is 0. The highest BCUT2D eigenvalue weighted by Gasteiger charge is 2.25. The van der Waals surface area contributed by atoms with E-state index in [1.54, 1.807) is 18.1 Å². The molecule has 0 bridgehead atoms. The van der Waals surface area contributed by atoms with Crippen LogP contribution in [0.15, 0.2) is 35.7 Å². The Morgan fingerprint density at radius 1 is 1.61 bits per heavy atom. The Hall–Kier alpha value is -1.46. The second kappa shape index (κ2) is 5.46. The van der Waals surface area contributed by atoms with Crippen molar-refractivity contribution in [3.05, 3.63) is 36.4 Å². The van der Waals surface area contributed by atoms with Gasteiger partial charge >= 0.3 is 0 Å². The summed E-state index contributed by atoms with van der Waals surface area (Å²) in [6.07, 6.45) is 1.29. The summed E-state index contributed by atoms with van der Waals surface area (Å²) in [6.45, 7) is 4.41. The molecule has 5 heteroatoms. The van der Waals surface area contributed by atoms with Crippen LogP contribution in [0.5, 0.6) is 5.75 Å². The summed E-state index contributed by atoms with van der Waals surface area (Å²) >= 11 is -1.07. The van der Waals surface area contributed by atoms with E-state index in [9.17, 15) is 9.35 Å². The molecule has 2 rings (SSSR count). The second-order valence-corrected chi connectivity index (χ2v) is 5.53.